The fourth-order valence-electron chi connectivity index (χ4n) is 2.26. The Hall–Kier alpha value is -1.50. The average molecular weight is 316 g/mol. The molecule has 0 saturated carbocycles. The molecule has 0 bridgehead atoms. The maximum atomic E-state index is 11.9. The molecule has 0 aromatic heterocycles. The standard InChI is InChI=1S/C14H21N3O3.ClH/c1-10-4-3-5-11(20-2)12(10)17-13(18)16-9-14(19)6-7-15-8-14;/h3-5,15,19H,6-9H2,1-2H3,(H2,16,17,18);1H. The molecule has 0 radical (unpaired) electrons. The zero-order valence-electron chi connectivity index (χ0n) is 12.2. The van der Waals surface area contributed by atoms with E-state index in [9.17, 15) is 9.90 Å². The molecular formula is C14H22ClN3O3. The van der Waals surface area contributed by atoms with Gasteiger partial charge in [-0.1, -0.05) is 12.1 Å². The summed E-state index contributed by atoms with van der Waals surface area (Å²) in [5.74, 6) is 0.612. The number of ether oxygens (including phenoxy) is 1. The lowest BCUT2D eigenvalue weighted by Crippen LogP contribution is -2.45. The van der Waals surface area contributed by atoms with Gasteiger partial charge in [-0.25, -0.2) is 4.79 Å². The van der Waals surface area contributed by atoms with Gasteiger partial charge in [-0.05, 0) is 31.5 Å². The lowest BCUT2D eigenvalue weighted by Gasteiger charge is -2.22. The SMILES string of the molecule is COc1cccc(C)c1NC(=O)NCC1(O)CCNC1.Cl. The zero-order valence-corrected chi connectivity index (χ0v) is 13.0. The second-order valence-corrected chi connectivity index (χ2v) is 5.11. The molecule has 7 heteroatoms. The number of benzene rings is 1. The normalized spacial score (nSPS) is 20.5. The van der Waals surface area contributed by atoms with Crippen LogP contribution in [0.1, 0.15) is 12.0 Å². The molecular weight excluding hydrogens is 294 g/mol. The minimum absolute atomic E-state index is 0. The molecule has 6 nitrogen and oxygen atoms in total. The minimum Gasteiger partial charge on any atom is -0.495 e. The lowest BCUT2D eigenvalue weighted by molar-refractivity contribution is 0.0640. The van der Waals surface area contributed by atoms with Crippen LogP contribution in [-0.4, -0.2) is 43.5 Å². The number of hydrogen-bond donors (Lipinski definition) is 4. The largest absolute Gasteiger partial charge is 0.495 e. The van der Waals surface area contributed by atoms with Gasteiger partial charge in [0.05, 0.1) is 18.4 Å². The molecule has 1 aliphatic rings. The summed E-state index contributed by atoms with van der Waals surface area (Å²) in [5, 5.41) is 18.7. The minimum atomic E-state index is -0.854. The van der Waals surface area contributed by atoms with Crippen molar-refractivity contribution in [2.24, 2.45) is 0 Å². The third-order valence-electron chi connectivity index (χ3n) is 3.49. The number of hydrogen-bond acceptors (Lipinski definition) is 4. The Kier molecular flexibility index (Phi) is 6.26. The quantitative estimate of drug-likeness (QED) is 0.674. The molecule has 1 atom stereocenters. The van der Waals surface area contributed by atoms with Gasteiger partial charge in [0.1, 0.15) is 5.75 Å². The molecule has 1 saturated heterocycles. The van der Waals surface area contributed by atoms with Crippen molar-refractivity contribution in [1.29, 1.82) is 0 Å². The number of nitrogens with one attached hydrogen (secondary N) is 3. The molecule has 1 aliphatic heterocycles. The summed E-state index contributed by atoms with van der Waals surface area (Å²) < 4.78 is 5.22. The number of aliphatic hydroxyl groups is 1. The molecule has 0 spiro atoms. The van der Waals surface area contributed by atoms with Crippen molar-refractivity contribution in [3.05, 3.63) is 23.8 Å². The lowest BCUT2D eigenvalue weighted by atomic mass is 10.0. The molecule has 21 heavy (non-hydrogen) atoms. The number of para-hydroxylation sites is 1. The van der Waals surface area contributed by atoms with Gasteiger partial charge in [-0.2, -0.15) is 0 Å². The summed E-state index contributed by atoms with van der Waals surface area (Å²) in [7, 11) is 1.56. The number of carbonyl (C=O) groups is 1. The molecule has 0 aliphatic carbocycles. The van der Waals surface area contributed by atoms with Crippen molar-refractivity contribution in [3.8, 4) is 5.75 Å². The number of β-amino-alcohol motifs (C(OH)–C–C–N with tert-alkyl or cyclic N) is 1. The number of urea groups is 1. The third-order valence-corrected chi connectivity index (χ3v) is 3.49. The van der Waals surface area contributed by atoms with Gasteiger partial charge < -0.3 is 25.8 Å². The van der Waals surface area contributed by atoms with E-state index in [1.165, 1.54) is 0 Å². The smallest absolute Gasteiger partial charge is 0.319 e. The first-order valence-electron chi connectivity index (χ1n) is 6.66. The van der Waals surface area contributed by atoms with Crippen molar-refractivity contribution < 1.29 is 14.6 Å². The molecule has 2 amide bonds. The fraction of sp³-hybridized carbons (Fsp3) is 0.500. The van der Waals surface area contributed by atoms with E-state index in [0.717, 1.165) is 12.1 Å². The molecule has 2 rings (SSSR count). The van der Waals surface area contributed by atoms with E-state index in [1.54, 1.807) is 13.2 Å². The van der Waals surface area contributed by atoms with E-state index in [2.05, 4.69) is 16.0 Å². The Balaban J connectivity index is 0.00000220. The highest BCUT2D eigenvalue weighted by Crippen LogP contribution is 2.27. The van der Waals surface area contributed by atoms with Crippen LogP contribution in [0.4, 0.5) is 10.5 Å². The van der Waals surface area contributed by atoms with Crippen LogP contribution < -0.4 is 20.7 Å². The zero-order chi connectivity index (χ0) is 14.6. The van der Waals surface area contributed by atoms with Crippen LogP contribution >= 0.6 is 12.4 Å². The summed E-state index contributed by atoms with van der Waals surface area (Å²) in [6, 6.07) is 5.20. The molecule has 1 aromatic rings. The molecule has 4 N–H and O–H groups in total. The van der Waals surface area contributed by atoms with Gasteiger partial charge in [0.2, 0.25) is 0 Å². The van der Waals surface area contributed by atoms with E-state index < -0.39 is 5.60 Å². The number of aryl methyl sites for hydroxylation is 1. The Morgan fingerprint density at radius 3 is 2.90 bits per heavy atom. The Bertz CT molecular complexity index is 490. The molecule has 118 valence electrons. The number of anilines is 1. The van der Waals surface area contributed by atoms with E-state index in [4.69, 9.17) is 4.74 Å². The predicted octanol–water partition coefficient (Wildman–Crippen LogP) is 1.27. The van der Waals surface area contributed by atoms with Crippen LogP contribution in [0.25, 0.3) is 0 Å². The van der Waals surface area contributed by atoms with Crippen LogP contribution in [0.2, 0.25) is 0 Å². The van der Waals surface area contributed by atoms with Crippen LogP contribution in [0.5, 0.6) is 5.75 Å². The number of carbonyl (C=O) groups excluding carboxylic acids is 1. The highest BCUT2D eigenvalue weighted by Gasteiger charge is 2.31. The van der Waals surface area contributed by atoms with Gasteiger partial charge in [-0.3, -0.25) is 0 Å². The van der Waals surface area contributed by atoms with Crippen molar-refractivity contribution in [2.45, 2.75) is 18.9 Å². The highest BCUT2D eigenvalue weighted by molar-refractivity contribution is 5.92. The average Bonchev–Trinajstić information content (AvgIpc) is 2.86. The summed E-state index contributed by atoms with van der Waals surface area (Å²) in [6.45, 7) is 3.39. The predicted molar refractivity (Wildman–Crippen MR) is 84.4 cm³/mol. The first-order valence-corrected chi connectivity index (χ1v) is 6.66. The maximum Gasteiger partial charge on any atom is 0.319 e. The molecule has 1 fully saturated rings. The van der Waals surface area contributed by atoms with Crippen molar-refractivity contribution in [3.63, 3.8) is 0 Å². The van der Waals surface area contributed by atoms with Crippen molar-refractivity contribution in [1.82, 2.24) is 10.6 Å². The third kappa shape index (κ3) is 4.49. The summed E-state index contributed by atoms with van der Waals surface area (Å²) >= 11 is 0. The first-order chi connectivity index (χ1) is 9.54. The van der Waals surface area contributed by atoms with Crippen molar-refractivity contribution >= 4 is 24.1 Å². The van der Waals surface area contributed by atoms with Crippen LogP contribution in [-0.2, 0) is 0 Å². The number of amides is 2. The van der Waals surface area contributed by atoms with Crippen LogP contribution in [0, 0.1) is 6.92 Å². The highest BCUT2D eigenvalue weighted by atomic mass is 35.5. The summed E-state index contributed by atoms with van der Waals surface area (Å²) in [5.41, 5.74) is 0.706. The Morgan fingerprint density at radius 2 is 2.29 bits per heavy atom. The number of halogens is 1. The van der Waals surface area contributed by atoms with Gasteiger partial charge in [0.15, 0.2) is 0 Å². The number of methoxy groups -OCH3 is 1. The summed E-state index contributed by atoms with van der Waals surface area (Å²) in [4.78, 5) is 11.9. The van der Waals surface area contributed by atoms with Gasteiger partial charge in [0.25, 0.3) is 0 Å². The van der Waals surface area contributed by atoms with E-state index >= 15 is 0 Å². The van der Waals surface area contributed by atoms with E-state index in [0.29, 0.717) is 24.4 Å². The monoisotopic (exact) mass is 315 g/mol. The first kappa shape index (κ1) is 17.6. The summed E-state index contributed by atoms with van der Waals surface area (Å²) in [6.07, 6.45) is 0.640. The Labute approximate surface area is 130 Å². The van der Waals surface area contributed by atoms with Crippen molar-refractivity contribution in [2.75, 3.05) is 32.1 Å². The molecule has 1 heterocycles. The van der Waals surface area contributed by atoms with E-state index in [-0.39, 0.29) is 25.0 Å². The van der Waals surface area contributed by atoms with Gasteiger partial charge in [0, 0.05) is 13.1 Å². The second-order valence-electron chi connectivity index (χ2n) is 5.11. The molecule has 1 unspecified atom stereocenters. The second kappa shape index (κ2) is 7.49. The topological polar surface area (TPSA) is 82.6 Å². The molecule has 1 aromatic carbocycles. The van der Waals surface area contributed by atoms with E-state index in [1.807, 2.05) is 19.1 Å². The fourth-order valence-corrected chi connectivity index (χ4v) is 2.26. The number of rotatable bonds is 4. The van der Waals surface area contributed by atoms with Crippen LogP contribution in [0.15, 0.2) is 18.2 Å². The van der Waals surface area contributed by atoms with Gasteiger partial charge >= 0.3 is 6.03 Å². The van der Waals surface area contributed by atoms with Crippen LogP contribution in [0.3, 0.4) is 0 Å². The Morgan fingerprint density at radius 1 is 1.52 bits per heavy atom. The maximum absolute atomic E-state index is 11.9. The van der Waals surface area contributed by atoms with Gasteiger partial charge in [-0.15, -0.1) is 12.4 Å².